The smallest absolute Gasteiger partial charge is 0.136 e. The minimum absolute atomic E-state index is 0.310. The molecule has 0 heterocycles. The van der Waals surface area contributed by atoms with Crippen LogP contribution in [0, 0.1) is 17.3 Å². The van der Waals surface area contributed by atoms with Gasteiger partial charge in [0.2, 0.25) is 0 Å². The van der Waals surface area contributed by atoms with E-state index in [1.165, 1.54) is 19.3 Å². The summed E-state index contributed by atoms with van der Waals surface area (Å²) in [5, 5.41) is 0. The number of hydrogen-bond donors (Lipinski definition) is 0. The molecule has 1 heteroatoms. The third-order valence-electron chi connectivity index (χ3n) is 3.62. The first-order chi connectivity index (χ1) is 5.09. The van der Waals surface area contributed by atoms with Gasteiger partial charge in [-0.15, -0.1) is 0 Å². The highest BCUT2D eigenvalue weighted by Gasteiger charge is 2.44. The maximum atomic E-state index is 11.5. The normalized spacial score (nSPS) is 41.1. The summed E-state index contributed by atoms with van der Waals surface area (Å²) < 4.78 is 0. The van der Waals surface area contributed by atoms with E-state index in [0.29, 0.717) is 17.1 Å². The molecule has 11 heavy (non-hydrogen) atoms. The van der Waals surface area contributed by atoms with Gasteiger partial charge in [0.15, 0.2) is 0 Å². The van der Waals surface area contributed by atoms with Crippen LogP contribution in [0.4, 0.5) is 0 Å². The van der Waals surface area contributed by atoms with Gasteiger partial charge in [-0.3, -0.25) is 4.79 Å². The van der Waals surface area contributed by atoms with Crippen LogP contribution >= 0.6 is 0 Å². The molecule has 0 spiro atoms. The Bertz CT molecular complexity index is 193. The van der Waals surface area contributed by atoms with Crippen LogP contribution in [0.1, 0.15) is 39.5 Å². The summed E-state index contributed by atoms with van der Waals surface area (Å²) in [7, 11) is 0. The van der Waals surface area contributed by atoms with Crippen LogP contribution in [0.25, 0.3) is 0 Å². The number of rotatable bonds is 0. The molecule has 2 atom stereocenters. The third kappa shape index (κ3) is 1.02. The molecule has 0 aromatic carbocycles. The Morgan fingerprint density at radius 3 is 2.82 bits per heavy atom. The highest BCUT2D eigenvalue weighted by molar-refractivity contribution is 5.83. The number of hydrogen-bond acceptors (Lipinski definition) is 1. The molecule has 2 unspecified atom stereocenters. The van der Waals surface area contributed by atoms with Gasteiger partial charge < -0.3 is 0 Å². The van der Waals surface area contributed by atoms with Crippen molar-refractivity contribution in [1.82, 2.24) is 0 Å². The largest absolute Gasteiger partial charge is 0.299 e. The van der Waals surface area contributed by atoms with Crippen molar-refractivity contribution in [2.45, 2.75) is 39.5 Å². The Morgan fingerprint density at radius 1 is 1.36 bits per heavy atom. The fourth-order valence-electron chi connectivity index (χ4n) is 2.72. The van der Waals surface area contributed by atoms with E-state index in [1.807, 2.05) is 0 Å². The molecular weight excluding hydrogens is 136 g/mol. The SMILES string of the molecule is CC1(C)CC(=O)C2CCC1C2. The van der Waals surface area contributed by atoms with Crippen LogP contribution in [0.15, 0.2) is 0 Å². The minimum Gasteiger partial charge on any atom is -0.299 e. The highest BCUT2D eigenvalue weighted by atomic mass is 16.1. The van der Waals surface area contributed by atoms with Crippen LogP contribution in [-0.2, 0) is 4.79 Å². The topological polar surface area (TPSA) is 17.1 Å². The summed E-state index contributed by atoms with van der Waals surface area (Å²) in [6.07, 6.45) is 4.49. The predicted octanol–water partition coefficient (Wildman–Crippen LogP) is 2.40. The molecule has 1 nitrogen and oxygen atoms in total. The maximum absolute atomic E-state index is 11.5. The number of carbonyl (C=O) groups is 1. The molecule has 2 saturated carbocycles. The summed E-state index contributed by atoms with van der Waals surface area (Å²) in [4.78, 5) is 11.5. The second-order valence-corrected chi connectivity index (χ2v) is 4.84. The molecule has 2 fully saturated rings. The standard InChI is InChI=1S/C10H16O/c1-10(2)6-9(11)7-3-4-8(10)5-7/h7-8H,3-6H2,1-2H3. The molecule has 0 saturated heterocycles. The van der Waals surface area contributed by atoms with E-state index in [9.17, 15) is 4.79 Å². The third-order valence-corrected chi connectivity index (χ3v) is 3.62. The Morgan fingerprint density at radius 2 is 2.09 bits per heavy atom. The first-order valence-corrected chi connectivity index (χ1v) is 4.62. The van der Waals surface area contributed by atoms with Gasteiger partial charge in [-0.2, -0.15) is 0 Å². The molecule has 0 radical (unpaired) electrons. The van der Waals surface area contributed by atoms with Crippen molar-refractivity contribution >= 4 is 5.78 Å². The molecule has 0 aromatic rings. The molecule has 62 valence electrons. The van der Waals surface area contributed by atoms with Crippen LogP contribution in [0.3, 0.4) is 0 Å². The van der Waals surface area contributed by atoms with Gasteiger partial charge in [0.25, 0.3) is 0 Å². The first-order valence-electron chi connectivity index (χ1n) is 4.62. The highest BCUT2D eigenvalue weighted by Crippen LogP contribution is 2.50. The van der Waals surface area contributed by atoms with E-state index >= 15 is 0 Å². The second kappa shape index (κ2) is 2.09. The monoisotopic (exact) mass is 152 g/mol. The van der Waals surface area contributed by atoms with E-state index in [4.69, 9.17) is 0 Å². The van der Waals surface area contributed by atoms with Gasteiger partial charge in [0.1, 0.15) is 5.78 Å². The number of fused-ring (bicyclic) bond motifs is 2. The molecule has 2 aliphatic rings. The van der Waals surface area contributed by atoms with E-state index in [2.05, 4.69) is 13.8 Å². The fraction of sp³-hybridized carbons (Fsp3) is 0.900. The van der Waals surface area contributed by atoms with Gasteiger partial charge in [0, 0.05) is 12.3 Å². The van der Waals surface area contributed by atoms with Crippen molar-refractivity contribution < 1.29 is 4.79 Å². The molecular formula is C10H16O. The van der Waals surface area contributed by atoms with Crippen molar-refractivity contribution in [3.8, 4) is 0 Å². The molecule has 0 aliphatic heterocycles. The molecule has 2 bridgehead atoms. The van der Waals surface area contributed by atoms with Crippen molar-refractivity contribution in [3.63, 3.8) is 0 Å². The Hall–Kier alpha value is -0.330. The van der Waals surface area contributed by atoms with E-state index < -0.39 is 0 Å². The summed E-state index contributed by atoms with van der Waals surface area (Å²) in [6.45, 7) is 4.49. The number of carbonyl (C=O) groups excluding carboxylic acids is 1. The van der Waals surface area contributed by atoms with E-state index in [1.54, 1.807) is 0 Å². The van der Waals surface area contributed by atoms with Crippen molar-refractivity contribution in [1.29, 1.82) is 0 Å². The van der Waals surface area contributed by atoms with Crippen molar-refractivity contribution in [2.75, 3.05) is 0 Å². The van der Waals surface area contributed by atoms with Crippen LogP contribution < -0.4 is 0 Å². The molecule has 0 aromatic heterocycles. The Balaban J connectivity index is 2.24. The van der Waals surface area contributed by atoms with Crippen LogP contribution in [0.2, 0.25) is 0 Å². The van der Waals surface area contributed by atoms with Gasteiger partial charge in [0.05, 0.1) is 0 Å². The molecule has 2 rings (SSSR count). The lowest BCUT2D eigenvalue weighted by molar-refractivity contribution is -0.127. The first kappa shape index (κ1) is 7.33. The summed E-state index contributed by atoms with van der Waals surface area (Å²) >= 11 is 0. The van der Waals surface area contributed by atoms with Gasteiger partial charge >= 0.3 is 0 Å². The fourth-order valence-corrected chi connectivity index (χ4v) is 2.72. The number of Topliss-reactive ketones (excluding diaryl/α,β-unsaturated/α-hetero) is 1. The average Bonchev–Trinajstić information content (AvgIpc) is 2.28. The molecule has 2 aliphatic carbocycles. The number of ketones is 1. The van der Waals surface area contributed by atoms with Crippen LogP contribution in [-0.4, -0.2) is 5.78 Å². The Kier molecular flexibility index (Phi) is 1.39. The summed E-state index contributed by atoms with van der Waals surface area (Å²) in [6, 6.07) is 0. The van der Waals surface area contributed by atoms with Gasteiger partial charge in [-0.25, -0.2) is 0 Å². The quantitative estimate of drug-likeness (QED) is 0.521. The van der Waals surface area contributed by atoms with Gasteiger partial charge in [-0.05, 0) is 30.6 Å². The lowest BCUT2D eigenvalue weighted by atomic mass is 9.69. The van der Waals surface area contributed by atoms with Gasteiger partial charge in [-0.1, -0.05) is 13.8 Å². The van der Waals surface area contributed by atoms with E-state index in [0.717, 1.165) is 12.3 Å². The Labute approximate surface area is 68.2 Å². The molecule has 0 N–H and O–H groups in total. The van der Waals surface area contributed by atoms with E-state index in [-0.39, 0.29) is 0 Å². The lowest BCUT2D eigenvalue weighted by Gasteiger charge is -2.35. The summed E-state index contributed by atoms with van der Waals surface area (Å²) in [5.74, 6) is 1.82. The zero-order valence-corrected chi connectivity index (χ0v) is 7.39. The zero-order valence-electron chi connectivity index (χ0n) is 7.39. The average molecular weight is 152 g/mol. The second-order valence-electron chi connectivity index (χ2n) is 4.84. The lowest BCUT2D eigenvalue weighted by Crippen LogP contribution is -2.32. The van der Waals surface area contributed by atoms with Crippen molar-refractivity contribution in [3.05, 3.63) is 0 Å². The summed E-state index contributed by atoms with van der Waals surface area (Å²) in [5.41, 5.74) is 0.310. The molecule has 0 amide bonds. The van der Waals surface area contributed by atoms with Crippen LogP contribution in [0.5, 0.6) is 0 Å². The zero-order chi connectivity index (χ0) is 8.06. The van der Waals surface area contributed by atoms with Crippen molar-refractivity contribution in [2.24, 2.45) is 17.3 Å². The minimum atomic E-state index is 0.310. The maximum Gasteiger partial charge on any atom is 0.136 e. The predicted molar refractivity (Wildman–Crippen MR) is 44.2 cm³/mol.